The summed E-state index contributed by atoms with van der Waals surface area (Å²) in [5, 5.41) is 15.3. The molecular formula is C13H22N4O. The molecule has 0 aromatic carbocycles. The van der Waals surface area contributed by atoms with Gasteiger partial charge in [0.15, 0.2) is 0 Å². The Hall–Kier alpha value is -1.12. The average Bonchev–Trinajstić information content (AvgIpc) is 3.11. The second-order valence-electron chi connectivity index (χ2n) is 5.65. The van der Waals surface area contributed by atoms with Crippen LogP contribution in [0.2, 0.25) is 0 Å². The summed E-state index contributed by atoms with van der Waals surface area (Å²) in [5.74, 6) is 0.317. The molecule has 100 valence electrons. The summed E-state index contributed by atoms with van der Waals surface area (Å²) in [6.07, 6.45) is 3.19. The Morgan fingerprint density at radius 3 is 2.72 bits per heavy atom. The van der Waals surface area contributed by atoms with Gasteiger partial charge < -0.3 is 10.6 Å². The molecule has 0 spiro atoms. The van der Waals surface area contributed by atoms with Crippen LogP contribution in [0, 0.1) is 17.2 Å². The van der Waals surface area contributed by atoms with E-state index in [1.165, 1.54) is 0 Å². The fourth-order valence-corrected chi connectivity index (χ4v) is 2.63. The van der Waals surface area contributed by atoms with E-state index in [0.29, 0.717) is 18.5 Å². The number of rotatable bonds is 5. The zero-order valence-corrected chi connectivity index (χ0v) is 11.2. The highest BCUT2D eigenvalue weighted by atomic mass is 16.2. The monoisotopic (exact) mass is 250 g/mol. The minimum absolute atomic E-state index is 0.0253. The van der Waals surface area contributed by atoms with Gasteiger partial charge in [0.25, 0.3) is 0 Å². The lowest BCUT2D eigenvalue weighted by atomic mass is 9.98. The quantitative estimate of drug-likeness (QED) is 0.725. The van der Waals surface area contributed by atoms with Crippen LogP contribution in [0.25, 0.3) is 0 Å². The average molecular weight is 250 g/mol. The van der Waals surface area contributed by atoms with Crippen molar-refractivity contribution in [3.63, 3.8) is 0 Å². The normalized spacial score (nSPS) is 27.5. The maximum Gasteiger partial charge on any atom is 0.235 e. The van der Waals surface area contributed by atoms with E-state index in [1.54, 1.807) is 0 Å². The summed E-state index contributed by atoms with van der Waals surface area (Å²) in [6.45, 7) is 4.10. The molecule has 0 bridgehead atoms. The zero-order chi connectivity index (χ0) is 13.2. The van der Waals surface area contributed by atoms with Crippen molar-refractivity contribution in [1.82, 2.24) is 15.5 Å². The van der Waals surface area contributed by atoms with Crippen molar-refractivity contribution in [2.24, 2.45) is 5.92 Å². The first kappa shape index (κ1) is 13.3. The van der Waals surface area contributed by atoms with Crippen molar-refractivity contribution in [1.29, 1.82) is 5.26 Å². The predicted molar refractivity (Wildman–Crippen MR) is 68.8 cm³/mol. The Kier molecular flexibility index (Phi) is 3.88. The molecule has 2 fully saturated rings. The van der Waals surface area contributed by atoms with Gasteiger partial charge in [-0.1, -0.05) is 0 Å². The fourth-order valence-electron chi connectivity index (χ4n) is 2.63. The number of hydrogen-bond donors (Lipinski definition) is 2. The van der Waals surface area contributed by atoms with E-state index in [2.05, 4.69) is 21.6 Å². The van der Waals surface area contributed by atoms with Crippen LogP contribution in [-0.4, -0.2) is 49.1 Å². The summed E-state index contributed by atoms with van der Waals surface area (Å²) >= 11 is 0. The molecule has 1 aliphatic carbocycles. The van der Waals surface area contributed by atoms with Gasteiger partial charge >= 0.3 is 0 Å². The first-order valence-electron chi connectivity index (χ1n) is 6.69. The van der Waals surface area contributed by atoms with Crippen molar-refractivity contribution in [3.05, 3.63) is 0 Å². The largest absolute Gasteiger partial charge is 0.337 e. The van der Waals surface area contributed by atoms with Crippen LogP contribution in [0.1, 0.15) is 26.2 Å². The van der Waals surface area contributed by atoms with E-state index in [1.807, 2.05) is 14.0 Å². The first-order chi connectivity index (χ1) is 8.57. The molecule has 1 saturated heterocycles. The Labute approximate surface area is 109 Å². The maximum atomic E-state index is 12.0. The number of carbonyl (C=O) groups excluding carboxylic acids is 1. The lowest BCUT2D eigenvalue weighted by Gasteiger charge is -2.24. The van der Waals surface area contributed by atoms with E-state index in [9.17, 15) is 10.1 Å². The lowest BCUT2D eigenvalue weighted by molar-refractivity contribution is -0.123. The number of likely N-dealkylation sites (tertiary alicyclic amines) is 1. The third-order valence-corrected chi connectivity index (χ3v) is 4.07. The van der Waals surface area contributed by atoms with Crippen LogP contribution in [0.15, 0.2) is 0 Å². The van der Waals surface area contributed by atoms with Gasteiger partial charge in [-0.2, -0.15) is 5.26 Å². The molecule has 0 radical (unpaired) electrons. The third-order valence-electron chi connectivity index (χ3n) is 4.07. The van der Waals surface area contributed by atoms with Gasteiger partial charge in [0.05, 0.1) is 12.6 Å². The summed E-state index contributed by atoms with van der Waals surface area (Å²) in [4.78, 5) is 14.1. The van der Waals surface area contributed by atoms with Crippen molar-refractivity contribution in [2.75, 3.05) is 26.7 Å². The smallest absolute Gasteiger partial charge is 0.235 e. The van der Waals surface area contributed by atoms with Crippen LogP contribution in [0.5, 0.6) is 0 Å². The molecule has 1 saturated carbocycles. The van der Waals surface area contributed by atoms with Crippen molar-refractivity contribution >= 4 is 5.91 Å². The molecule has 2 rings (SSSR count). The molecule has 2 atom stereocenters. The topological polar surface area (TPSA) is 68.2 Å². The van der Waals surface area contributed by atoms with Gasteiger partial charge in [-0.05, 0) is 39.2 Å². The standard InChI is InChI=1S/C13H22N4O/c1-13(9-14,10-3-4-10)16-12(18)8-17-6-5-11(7-17)15-2/h10-11,15H,3-8H2,1-2H3,(H,16,18). The number of hydrogen-bond acceptors (Lipinski definition) is 4. The highest BCUT2D eigenvalue weighted by Crippen LogP contribution is 2.39. The Morgan fingerprint density at radius 2 is 2.22 bits per heavy atom. The minimum atomic E-state index is -0.667. The summed E-state index contributed by atoms with van der Waals surface area (Å²) < 4.78 is 0. The van der Waals surface area contributed by atoms with Crippen LogP contribution in [0.4, 0.5) is 0 Å². The molecule has 1 aliphatic heterocycles. The zero-order valence-electron chi connectivity index (χ0n) is 11.2. The second kappa shape index (κ2) is 5.25. The molecular weight excluding hydrogens is 228 g/mol. The molecule has 1 heterocycles. The molecule has 2 aliphatic rings. The number of amides is 1. The molecule has 5 nitrogen and oxygen atoms in total. The van der Waals surface area contributed by atoms with Gasteiger partial charge in [-0.15, -0.1) is 0 Å². The van der Waals surface area contributed by atoms with Crippen molar-refractivity contribution in [2.45, 2.75) is 37.8 Å². The Balaban J connectivity index is 1.80. The first-order valence-corrected chi connectivity index (χ1v) is 6.69. The number of likely N-dealkylation sites (N-methyl/N-ethyl adjacent to an activating group) is 1. The molecule has 2 N–H and O–H groups in total. The van der Waals surface area contributed by atoms with Crippen LogP contribution < -0.4 is 10.6 Å². The number of nitrogens with one attached hydrogen (secondary N) is 2. The molecule has 0 aromatic rings. The summed E-state index contributed by atoms with van der Waals surface area (Å²) in [6, 6.07) is 2.74. The van der Waals surface area contributed by atoms with Crippen LogP contribution in [-0.2, 0) is 4.79 Å². The maximum absolute atomic E-state index is 12.0. The second-order valence-corrected chi connectivity index (χ2v) is 5.65. The Morgan fingerprint density at radius 1 is 1.50 bits per heavy atom. The van der Waals surface area contributed by atoms with E-state index < -0.39 is 5.54 Å². The van der Waals surface area contributed by atoms with E-state index >= 15 is 0 Å². The molecule has 2 unspecified atom stereocenters. The van der Waals surface area contributed by atoms with E-state index in [4.69, 9.17) is 0 Å². The fraction of sp³-hybridized carbons (Fsp3) is 0.846. The van der Waals surface area contributed by atoms with Crippen molar-refractivity contribution < 1.29 is 4.79 Å². The SMILES string of the molecule is CNC1CCN(CC(=O)NC(C)(C#N)C2CC2)C1. The van der Waals surface area contributed by atoms with Gasteiger partial charge in [0, 0.05) is 19.1 Å². The van der Waals surface area contributed by atoms with E-state index in [0.717, 1.165) is 32.4 Å². The molecule has 5 heteroatoms. The number of carbonyl (C=O) groups is 1. The minimum Gasteiger partial charge on any atom is -0.337 e. The lowest BCUT2D eigenvalue weighted by Crippen LogP contribution is -2.50. The van der Waals surface area contributed by atoms with Gasteiger partial charge in [-0.3, -0.25) is 9.69 Å². The number of nitriles is 1. The van der Waals surface area contributed by atoms with Crippen LogP contribution >= 0.6 is 0 Å². The number of nitrogens with zero attached hydrogens (tertiary/aromatic N) is 2. The molecule has 0 aromatic heterocycles. The highest BCUT2D eigenvalue weighted by Gasteiger charge is 2.43. The Bertz CT molecular complexity index is 360. The van der Waals surface area contributed by atoms with Crippen LogP contribution in [0.3, 0.4) is 0 Å². The van der Waals surface area contributed by atoms with Gasteiger partial charge in [0.2, 0.25) is 5.91 Å². The summed E-state index contributed by atoms with van der Waals surface area (Å²) in [7, 11) is 1.95. The third kappa shape index (κ3) is 3.01. The molecule has 1 amide bonds. The summed E-state index contributed by atoms with van der Waals surface area (Å²) in [5.41, 5.74) is -0.667. The van der Waals surface area contributed by atoms with Gasteiger partial charge in [0.1, 0.15) is 5.54 Å². The van der Waals surface area contributed by atoms with Gasteiger partial charge in [-0.25, -0.2) is 0 Å². The van der Waals surface area contributed by atoms with Crippen molar-refractivity contribution in [3.8, 4) is 6.07 Å². The predicted octanol–water partition coefficient (Wildman–Crippen LogP) is 0.0886. The van der Waals surface area contributed by atoms with E-state index in [-0.39, 0.29) is 5.91 Å². The molecule has 18 heavy (non-hydrogen) atoms. The highest BCUT2D eigenvalue weighted by molar-refractivity contribution is 5.79.